The molecule has 0 saturated carbocycles. The predicted octanol–water partition coefficient (Wildman–Crippen LogP) is 2.75. The molecule has 3 saturated heterocycles. The van der Waals surface area contributed by atoms with E-state index in [4.69, 9.17) is 9.39 Å². The third-order valence-corrected chi connectivity index (χ3v) is 8.39. The Morgan fingerprint density at radius 3 is 2.51 bits per heavy atom. The standard InChI is InChI=1S/C28H37BF2N4O6/c1-26(2,34-15-14-28(30,31)18-34)16-21(17-32)24(36)35-22-10-12-27(35,13-11-22)19-40-25(37)33-23(41-29(38)39)9-8-20-6-4-3-5-7-20/h3-7,16,22-23,38-39H,8-15,18-19H2,1-2H3,(H,33,37)/t22?,23-,27?/m1/s1. The summed E-state index contributed by atoms with van der Waals surface area (Å²) in [5.74, 6) is -3.30. The van der Waals surface area contributed by atoms with Crippen LogP contribution in [0.15, 0.2) is 42.0 Å². The SMILES string of the molecule is CC(C)(C=C(C#N)C(=O)N1C2CCC1(COC(=O)N[C@@H](CCc1ccccc1)OB(O)O)CC2)N1CCC(F)(F)C1. The van der Waals surface area contributed by atoms with Crippen molar-refractivity contribution in [2.75, 3.05) is 19.7 Å². The number of ether oxygens (including phenoxy) is 1. The highest BCUT2D eigenvalue weighted by Gasteiger charge is 2.55. The van der Waals surface area contributed by atoms with Gasteiger partial charge in [-0.2, -0.15) is 5.26 Å². The number of benzene rings is 1. The lowest BCUT2D eigenvalue weighted by atomic mass is 9.88. The summed E-state index contributed by atoms with van der Waals surface area (Å²) in [6.45, 7) is 3.02. The lowest BCUT2D eigenvalue weighted by Crippen LogP contribution is -2.51. The second kappa shape index (κ2) is 12.4. The number of likely N-dealkylation sites (tertiary alicyclic amines) is 1. The summed E-state index contributed by atoms with van der Waals surface area (Å²) in [5.41, 5.74) is -0.882. The Labute approximate surface area is 239 Å². The molecular weight excluding hydrogens is 537 g/mol. The Bertz CT molecular complexity index is 1170. The van der Waals surface area contributed by atoms with E-state index in [1.165, 1.54) is 6.08 Å². The third-order valence-electron chi connectivity index (χ3n) is 8.39. The normalized spacial score (nSPS) is 24.7. The van der Waals surface area contributed by atoms with Gasteiger partial charge in [-0.25, -0.2) is 13.6 Å². The number of alkyl halides is 2. The average molecular weight is 574 g/mol. The number of carbonyl (C=O) groups is 2. The van der Waals surface area contributed by atoms with E-state index in [0.717, 1.165) is 5.56 Å². The number of hydrogen-bond acceptors (Lipinski definition) is 8. The molecule has 3 heterocycles. The second-order valence-corrected chi connectivity index (χ2v) is 11.7. The molecule has 3 aliphatic heterocycles. The van der Waals surface area contributed by atoms with Crippen molar-refractivity contribution in [3.05, 3.63) is 47.5 Å². The number of alkyl carbamates (subject to hydrolysis) is 1. The number of aryl methyl sites for hydroxylation is 1. The number of halogens is 2. The summed E-state index contributed by atoms with van der Waals surface area (Å²) in [7, 11) is -2.10. The molecule has 13 heteroatoms. The Balaban J connectivity index is 1.40. The second-order valence-electron chi connectivity index (χ2n) is 11.7. The monoisotopic (exact) mass is 574 g/mol. The van der Waals surface area contributed by atoms with E-state index in [0.29, 0.717) is 32.1 Å². The van der Waals surface area contributed by atoms with Gasteiger partial charge in [-0.3, -0.25) is 15.0 Å². The first-order valence-electron chi connectivity index (χ1n) is 13.9. The van der Waals surface area contributed by atoms with Crippen LogP contribution >= 0.6 is 0 Å². The van der Waals surface area contributed by atoms with Gasteiger partial charge >= 0.3 is 13.4 Å². The van der Waals surface area contributed by atoms with Crippen LogP contribution in [0.1, 0.15) is 57.9 Å². The molecule has 0 aliphatic carbocycles. The van der Waals surface area contributed by atoms with Crippen molar-refractivity contribution in [3.8, 4) is 6.07 Å². The molecule has 3 N–H and O–H groups in total. The topological polar surface area (TPSA) is 135 Å². The number of nitrogens with one attached hydrogen (secondary N) is 1. The van der Waals surface area contributed by atoms with E-state index in [1.54, 1.807) is 23.6 Å². The number of fused-ring (bicyclic) bond motifs is 2. The minimum absolute atomic E-state index is 0.114. The van der Waals surface area contributed by atoms with Gasteiger partial charge in [0.25, 0.3) is 11.8 Å². The Hall–Kier alpha value is -3.05. The van der Waals surface area contributed by atoms with Crippen LogP contribution in [0.5, 0.6) is 0 Å². The maximum absolute atomic E-state index is 13.8. The number of nitriles is 1. The number of carbonyl (C=O) groups excluding carboxylic acids is 2. The fourth-order valence-electron chi connectivity index (χ4n) is 6.20. The van der Waals surface area contributed by atoms with Crippen molar-refractivity contribution in [3.63, 3.8) is 0 Å². The molecule has 4 rings (SSSR count). The van der Waals surface area contributed by atoms with Gasteiger partial charge in [0.2, 0.25) is 0 Å². The zero-order valence-corrected chi connectivity index (χ0v) is 23.4. The van der Waals surface area contributed by atoms with Crippen LogP contribution in [0.3, 0.4) is 0 Å². The van der Waals surface area contributed by atoms with Crippen LogP contribution in [0.4, 0.5) is 13.6 Å². The Morgan fingerprint density at radius 2 is 1.93 bits per heavy atom. The smallest absolute Gasteiger partial charge is 0.447 e. The summed E-state index contributed by atoms with van der Waals surface area (Å²) in [5, 5.41) is 31.0. The minimum Gasteiger partial charge on any atom is -0.447 e. The van der Waals surface area contributed by atoms with Crippen molar-refractivity contribution in [2.45, 2.75) is 88.1 Å². The summed E-state index contributed by atoms with van der Waals surface area (Å²) >= 11 is 0. The molecule has 0 unspecified atom stereocenters. The van der Waals surface area contributed by atoms with Crippen LogP contribution in [0.25, 0.3) is 0 Å². The molecular formula is C28H37BF2N4O6. The molecule has 10 nitrogen and oxygen atoms in total. The zero-order chi connectivity index (χ0) is 29.8. The predicted molar refractivity (Wildman–Crippen MR) is 145 cm³/mol. The largest absolute Gasteiger partial charge is 0.635 e. The average Bonchev–Trinajstić information content (AvgIpc) is 3.60. The van der Waals surface area contributed by atoms with E-state index < -0.39 is 49.1 Å². The molecule has 3 fully saturated rings. The van der Waals surface area contributed by atoms with Crippen LogP contribution in [-0.2, 0) is 20.6 Å². The highest BCUT2D eigenvalue weighted by atomic mass is 19.3. The number of nitrogens with zero attached hydrogens (tertiary/aromatic N) is 3. The lowest BCUT2D eigenvalue weighted by Gasteiger charge is -2.36. The van der Waals surface area contributed by atoms with Crippen molar-refractivity contribution in [1.29, 1.82) is 5.26 Å². The fourth-order valence-corrected chi connectivity index (χ4v) is 6.20. The third kappa shape index (κ3) is 7.43. The summed E-state index contributed by atoms with van der Waals surface area (Å²) in [4.78, 5) is 29.6. The van der Waals surface area contributed by atoms with Crippen LogP contribution in [0.2, 0.25) is 0 Å². The fraction of sp³-hybridized carbons (Fsp3) is 0.607. The Morgan fingerprint density at radius 1 is 1.24 bits per heavy atom. The molecule has 1 atom stereocenters. The molecule has 41 heavy (non-hydrogen) atoms. The van der Waals surface area contributed by atoms with Crippen LogP contribution < -0.4 is 5.32 Å². The maximum atomic E-state index is 13.8. The molecule has 3 aliphatic rings. The summed E-state index contributed by atoms with van der Waals surface area (Å²) in [6, 6.07) is 11.3. The highest BCUT2D eigenvalue weighted by molar-refractivity contribution is 6.32. The van der Waals surface area contributed by atoms with Crippen molar-refractivity contribution >= 4 is 19.3 Å². The van der Waals surface area contributed by atoms with E-state index in [9.17, 15) is 33.7 Å². The van der Waals surface area contributed by atoms with Gasteiger partial charge in [-0.1, -0.05) is 30.3 Å². The Kier molecular flexibility index (Phi) is 9.38. The van der Waals surface area contributed by atoms with Gasteiger partial charge in [-0.15, -0.1) is 0 Å². The highest BCUT2D eigenvalue weighted by Crippen LogP contribution is 2.47. The lowest BCUT2D eigenvalue weighted by molar-refractivity contribution is -0.132. The molecule has 0 spiro atoms. The van der Waals surface area contributed by atoms with Crippen LogP contribution in [-0.4, -0.2) is 88.1 Å². The maximum Gasteiger partial charge on any atom is 0.635 e. The summed E-state index contributed by atoms with van der Waals surface area (Å²) in [6.07, 6.45) is 2.62. The minimum atomic E-state index is -2.81. The molecule has 2 amide bonds. The number of hydrogen-bond donors (Lipinski definition) is 3. The van der Waals surface area contributed by atoms with Gasteiger partial charge in [0, 0.05) is 24.5 Å². The zero-order valence-electron chi connectivity index (χ0n) is 23.4. The molecule has 1 aromatic rings. The molecule has 0 aromatic heterocycles. The van der Waals surface area contributed by atoms with Gasteiger partial charge in [0.15, 0.2) is 0 Å². The van der Waals surface area contributed by atoms with E-state index >= 15 is 0 Å². The molecule has 1 aromatic carbocycles. The first-order valence-corrected chi connectivity index (χ1v) is 13.9. The first-order chi connectivity index (χ1) is 19.3. The van der Waals surface area contributed by atoms with Crippen molar-refractivity contribution < 1.29 is 37.8 Å². The van der Waals surface area contributed by atoms with Gasteiger partial charge in [0.1, 0.15) is 24.5 Å². The first kappa shape index (κ1) is 30.9. The number of rotatable bonds is 11. The van der Waals surface area contributed by atoms with Gasteiger partial charge < -0.3 is 24.3 Å². The van der Waals surface area contributed by atoms with Crippen LogP contribution in [0, 0.1) is 11.3 Å². The van der Waals surface area contributed by atoms with E-state index in [2.05, 4.69) is 5.32 Å². The van der Waals surface area contributed by atoms with Crippen molar-refractivity contribution in [2.24, 2.45) is 0 Å². The van der Waals surface area contributed by atoms with Crippen molar-refractivity contribution in [1.82, 2.24) is 15.1 Å². The van der Waals surface area contributed by atoms with E-state index in [1.807, 2.05) is 36.4 Å². The van der Waals surface area contributed by atoms with Gasteiger partial charge in [-0.05, 0) is 64.0 Å². The quantitative estimate of drug-likeness (QED) is 0.159. The van der Waals surface area contributed by atoms with Gasteiger partial charge in [0.05, 0.1) is 12.1 Å². The summed E-state index contributed by atoms with van der Waals surface area (Å²) < 4.78 is 38.2. The molecule has 222 valence electrons. The number of amides is 2. The molecule has 0 radical (unpaired) electrons. The molecule has 2 bridgehead atoms. The van der Waals surface area contributed by atoms with E-state index in [-0.39, 0.29) is 37.6 Å².